The smallest absolute Gasteiger partial charge is 0.408 e. The van der Waals surface area contributed by atoms with Gasteiger partial charge >= 0.3 is 12.1 Å². The third kappa shape index (κ3) is 7.17. The molecule has 1 aromatic rings. The number of nitrogens with zero attached hydrogens (tertiary/aromatic N) is 1. The molecule has 0 aliphatic carbocycles. The minimum absolute atomic E-state index is 0.0801. The Balaban J connectivity index is 2.64. The summed E-state index contributed by atoms with van der Waals surface area (Å²) in [4.78, 5) is 33.9. The number of ether oxygens (including phenoxy) is 2. The number of non-ortho nitro benzene ring substituents is 1. The molecule has 0 saturated carbocycles. The number of aliphatic hydroxyl groups excluding tert-OH is 1. The number of aliphatic hydroxyl groups is 1. The number of nitro benzene ring substituents is 1. The fourth-order valence-electron chi connectivity index (χ4n) is 1.77. The second-order valence-corrected chi connectivity index (χ2v) is 6.40. The first-order valence-electron chi connectivity index (χ1n) is 7.57. The summed E-state index contributed by atoms with van der Waals surface area (Å²) in [6, 6.07) is 4.17. The average Bonchev–Trinajstić information content (AvgIpc) is 2.48. The molecular formula is C16H22N2O7. The van der Waals surface area contributed by atoms with Gasteiger partial charge in [0, 0.05) is 12.1 Å². The summed E-state index contributed by atoms with van der Waals surface area (Å²) in [7, 11) is 0. The normalized spacial score (nSPS) is 13.5. The summed E-state index contributed by atoms with van der Waals surface area (Å²) in [6.07, 6.45) is -2.05. The Labute approximate surface area is 145 Å². The van der Waals surface area contributed by atoms with Crippen LogP contribution in [0.3, 0.4) is 0 Å². The first-order chi connectivity index (χ1) is 11.5. The van der Waals surface area contributed by atoms with Gasteiger partial charge in [0.2, 0.25) is 0 Å². The number of carbonyl (C=O) groups excluding carboxylic acids is 2. The van der Waals surface area contributed by atoms with Gasteiger partial charge in [-0.15, -0.1) is 0 Å². The SMILES string of the molecule is C[C@@H](O)[C@H](NC(=O)OC(C)(C)C)C(=O)OCc1ccc([N+](=O)[O-])cc1. The summed E-state index contributed by atoms with van der Waals surface area (Å²) in [5.41, 5.74) is -0.306. The predicted molar refractivity (Wildman–Crippen MR) is 87.7 cm³/mol. The van der Waals surface area contributed by atoms with Crippen molar-refractivity contribution in [3.05, 3.63) is 39.9 Å². The molecule has 9 heteroatoms. The molecule has 2 N–H and O–H groups in total. The molecule has 0 aliphatic heterocycles. The molecule has 0 aromatic heterocycles. The maximum Gasteiger partial charge on any atom is 0.408 e. The predicted octanol–water partition coefficient (Wildman–Crippen LogP) is 1.91. The van der Waals surface area contributed by atoms with Crippen LogP contribution in [0.1, 0.15) is 33.3 Å². The van der Waals surface area contributed by atoms with Crippen LogP contribution in [0, 0.1) is 10.1 Å². The molecule has 0 bridgehead atoms. The van der Waals surface area contributed by atoms with E-state index in [1.54, 1.807) is 20.8 Å². The Morgan fingerprint density at radius 3 is 2.28 bits per heavy atom. The second-order valence-electron chi connectivity index (χ2n) is 6.40. The van der Waals surface area contributed by atoms with Gasteiger partial charge in [0.15, 0.2) is 6.04 Å². The first kappa shape index (κ1) is 20.4. The number of carbonyl (C=O) groups is 2. The molecule has 9 nitrogen and oxygen atoms in total. The van der Waals surface area contributed by atoms with E-state index in [9.17, 15) is 24.8 Å². The van der Waals surface area contributed by atoms with Crippen molar-refractivity contribution in [2.45, 2.75) is 52.0 Å². The molecule has 0 unspecified atom stereocenters. The van der Waals surface area contributed by atoms with Gasteiger partial charge in [-0.05, 0) is 45.4 Å². The zero-order valence-electron chi connectivity index (χ0n) is 14.5. The maximum absolute atomic E-state index is 12.1. The third-order valence-electron chi connectivity index (χ3n) is 2.94. The number of rotatable bonds is 6. The highest BCUT2D eigenvalue weighted by Crippen LogP contribution is 2.13. The van der Waals surface area contributed by atoms with E-state index < -0.39 is 34.7 Å². The Morgan fingerprint density at radius 2 is 1.84 bits per heavy atom. The summed E-state index contributed by atoms with van der Waals surface area (Å²) in [5, 5.41) is 22.5. The van der Waals surface area contributed by atoms with Crippen LogP contribution >= 0.6 is 0 Å². The average molecular weight is 354 g/mol. The van der Waals surface area contributed by atoms with E-state index in [0.29, 0.717) is 5.56 Å². The summed E-state index contributed by atoms with van der Waals surface area (Å²) in [6.45, 7) is 6.16. The van der Waals surface area contributed by atoms with Gasteiger partial charge in [-0.2, -0.15) is 0 Å². The summed E-state index contributed by atoms with van der Waals surface area (Å²) >= 11 is 0. The molecule has 0 fully saturated rings. The minimum Gasteiger partial charge on any atom is -0.459 e. The van der Waals surface area contributed by atoms with Gasteiger partial charge in [0.05, 0.1) is 11.0 Å². The molecule has 1 rings (SSSR count). The van der Waals surface area contributed by atoms with Gasteiger partial charge < -0.3 is 19.9 Å². The number of esters is 1. The Morgan fingerprint density at radius 1 is 1.28 bits per heavy atom. The Kier molecular flexibility index (Phi) is 6.86. The van der Waals surface area contributed by atoms with Gasteiger partial charge in [0.1, 0.15) is 12.2 Å². The van der Waals surface area contributed by atoms with E-state index >= 15 is 0 Å². The Hall–Kier alpha value is -2.68. The molecule has 0 aliphatic rings. The standard InChI is InChI=1S/C16H22N2O7/c1-10(19)13(17-15(21)25-16(2,3)4)14(20)24-9-11-5-7-12(8-6-11)18(22)23/h5-8,10,13,19H,9H2,1-4H3,(H,17,21)/t10-,13+/m1/s1. The van der Waals surface area contributed by atoms with Crippen LogP contribution in [0.5, 0.6) is 0 Å². The van der Waals surface area contributed by atoms with Crippen molar-refractivity contribution in [2.24, 2.45) is 0 Å². The quantitative estimate of drug-likeness (QED) is 0.453. The highest BCUT2D eigenvalue weighted by Gasteiger charge is 2.29. The zero-order chi connectivity index (χ0) is 19.2. The van der Waals surface area contributed by atoms with Crippen molar-refractivity contribution >= 4 is 17.7 Å². The van der Waals surface area contributed by atoms with Crippen LogP contribution in [0.2, 0.25) is 0 Å². The van der Waals surface area contributed by atoms with E-state index in [1.807, 2.05) is 0 Å². The lowest BCUT2D eigenvalue weighted by atomic mass is 10.2. The van der Waals surface area contributed by atoms with Gasteiger partial charge in [-0.1, -0.05) is 0 Å². The van der Waals surface area contributed by atoms with Crippen LogP contribution < -0.4 is 5.32 Å². The number of hydrogen-bond donors (Lipinski definition) is 2. The van der Waals surface area contributed by atoms with E-state index in [0.717, 1.165) is 0 Å². The molecule has 2 atom stereocenters. The molecule has 1 aromatic carbocycles. The maximum atomic E-state index is 12.1. The monoisotopic (exact) mass is 354 g/mol. The van der Waals surface area contributed by atoms with Gasteiger partial charge in [-0.25, -0.2) is 9.59 Å². The van der Waals surface area contributed by atoms with Crippen LogP contribution in [0.15, 0.2) is 24.3 Å². The van der Waals surface area contributed by atoms with Crippen molar-refractivity contribution in [1.29, 1.82) is 0 Å². The largest absolute Gasteiger partial charge is 0.459 e. The molecule has 0 spiro atoms. The lowest BCUT2D eigenvalue weighted by molar-refractivity contribution is -0.384. The number of benzene rings is 1. The van der Waals surface area contributed by atoms with Crippen LogP contribution in [-0.2, 0) is 20.9 Å². The minimum atomic E-state index is -1.30. The van der Waals surface area contributed by atoms with E-state index in [-0.39, 0.29) is 12.3 Å². The topological polar surface area (TPSA) is 128 Å². The van der Waals surface area contributed by atoms with E-state index in [1.165, 1.54) is 31.2 Å². The van der Waals surface area contributed by atoms with Crippen molar-refractivity contribution < 1.29 is 29.1 Å². The summed E-state index contributed by atoms with van der Waals surface area (Å²) < 4.78 is 10.1. The van der Waals surface area contributed by atoms with Crippen LogP contribution in [0.25, 0.3) is 0 Å². The van der Waals surface area contributed by atoms with E-state index in [4.69, 9.17) is 9.47 Å². The van der Waals surface area contributed by atoms with E-state index in [2.05, 4.69) is 5.32 Å². The van der Waals surface area contributed by atoms with Crippen molar-refractivity contribution in [2.75, 3.05) is 0 Å². The highest BCUT2D eigenvalue weighted by atomic mass is 16.6. The number of amides is 1. The van der Waals surface area contributed by atoms with Gasteiger partial charge in [0.25, 0.3) is 5.69 Å². The summed E-state index contributed by atoms with van der Waals surface area (Å²) in [5.74, 6) is -0.848. The van der Waals surface area contributed by atoms with Crippen molar-refractivity contribution in [3.8, 4) is 0 Å². The van der Waals surface area contributed by atoms with Gasteiger partial charge in [-0.3, -0.25) is 10.1 Å². The molecule has 0 radical (unpaired) electrons. The van der Waals surface area contributed by atoms with Crippen molar-refractivity contribution in [3.63, 3.8) is 0 Å². The zero-order valence-corrected chi connectivity index (χ0v) is 14.5. The number of alkyl carbamates (subject to hydrolysis) is 1. The molecule has 138 valence electrons. The first-order valence-corrected chi connectivity index (χ1v) is 7.57. The lowest BCUT2D eigenvalue weighted by Gasteiger charge is -2.24. The molecule has 0 heterocycles. The van der Waals surface area contributed by atoms with Crippen LogP contribution in [0.4, 0.5) is 10.5 Å². The lowest BCUT2D eigenvalue weighted by Crippen LogP contribution is -2.49. The number of nitro groups is 1. The third-order valence-corrected chi connectivity index (χ3v) is 2.94. The fraction of sp³-hybridized carbons (Fsp3) is 0.500. The van der Waals surface area contributed by atoms with Crippen molar-refractivity contribution in [1.82, 2.24) is 5.32 Å². The second kappa shape index (κ2) is 8.43. The number of hydrogen-bond acceptors (Lipinski definition) is 7. The van der Waals surface area contributed by atoms with Crippen LogP contribution in [-0.4, -0.2) is 39.8 Å². The molecule has 0 saturated heterocycles. The molecule has 1 amide bonds. The number of nitrogens with one attached hydrogen (secondary N) is 1. The Bertz CT molecular complexity index is 620. The molecule has 25 heavy (non-hydrogen) atoms. The fourth-order valence-corrected chi connectivity index (χ4v) is 1.77. The molecular weight excluding hydrogens is 332 g/mol. The highest BCUT2D eigenvalue weighted by molar-refractivity contribution is 5.82.